The van der Waals surface area contributed by atoms with E-state index in [1.54, 1.807) is 4.57 Å². The summed E-state index contributed by atoms with van der Waals surface area (Å²) < 4.78 is 24.5. The maximum atomic E-state index is 12.1. The maximum Gasteiger partial charge on any atom is 0.324 e. The van der Waals surface area contributed by atoms with E-state index in [2.05, 4.69) is 15.0 Å². The number of nitrogens with zero attached hydrogens (tertiary/aromatic N) is 3. The molecule has 0 aromatic carbocycles. The van der Waals surface area contributed by atoms with Gasteiger partial charge in [0.05, 0.1) is 12.9 Å². The quantitative estimate of drug-likeness (QED) is 0.585. The molecule has 4 heterocycles. The number of nitrogens with two attached hydrogens (primary N) is 1. The highest BCUT2D eigenvalue weighted by Gasteiger charge is 2.60. The molecule has 27 heavy (non-hydrogen) atoms. The number of rotatable bonds is 5. The molecular weight excluding hydrogens is 397 g/mol. The van der Waals surface area contributed by atoms with E-state index < -0.39 is 36.3 Å². The molecule has 0 spiro atoms. The molecule has 2 aromatic rings. The Morgan fingerprint density at radius 2 is 2.41 bits per heavy atom. The standard InChI is InChI=1S/C14H20N5O6PS/c1-3-14-4-5-23-8(9(14)25-26(21,27)22-2)12(24-14)19-6-16-7-10(19)17-13(15)18-11(7)20/h6,8-9,12H,3-5H2,1-2H3,(H,21,27)(H3,15,17,18,20)/t8-,9?,12+,14+,26?/m0/s1. The van der Waals surface area contributed by atoms with Gasteiger partial charge in [-0.3, -0.25) is 18.9 Å². The van der Waals surface area contributed by atoms with Crippen LogP contribution in [0.2, 0.25) is 0 Å². The first-order valence-corrected chi connectivity index (χ1v) is 11.0. The Bertz CT molecular complexity index is 981. The third-order valence-corrected chi connectivity index (χ3v) is 6.75. The monoisotopic (exact) mass is 417 g/mol. The number of anilines is 1. The van der Waals surface area contributed by atoms with Crippen molar-refractivity contribution >= 4 is 35.6 Å². The van der Waals surface area contributed by atoms with Gasteiger partial charge in [0.1, 0.15) is 17.8 Å². The molecule has 5 atom stereocenters. The topological polar surface area (TPSA) is 147 Å². The summed E-state index contributed by atoms with van der Waals surface area (Å²) in [6, 6.07) is 0. The van der Waals surface area contributed by atoms with Crippen LogP contribution < -0.4 is 11.3 Å². The first-order valence-electron chi connectivity index (χ1n) is 8.39. The van der Waals surface area contributed by atoms with Gasteiger partial charge in [-0.25, -0.2) is 4.98 Å². The second kappa shape index (κ2) is 6.59. The molecule has 11 nitrogen and oxygen atoms in total. The molecule has 0 aliphatic carbocycles. The van der Waals surface area contributed by atoms with Crippen molar-refractivity contribution in [2.75, 3.05) is 19.5 Å². The number of aromatic nitrogens is 4. The van der Waals surface area contributed by atoms with E-state index in [-0.39, 0.29) is 17.1 Å². The largest absolute Gasteiger partial charge is 0.371 e. The minimum atomic E-state index is -3.44. The van der Waals surface area contributed by atoms with Gasteiger partial charge in [0.15, 0.2) is 17.4 Å². The number of ether oxygens (including phenoxy) is 2. The minimum Gasteiger partial charge on any atom is -0.371 e. The average Bonchev–Trinajstić information content (AvgIpc) is 3.09. The highest BCUT2D eigenvalue weighted by molar-refractivity contribution is 8.07. The van der Waals surface area contributed by atoms with Gasteiger partial charge in [0.25, 0.3) is 5.56 Å². The summed E-state index contributed by atoms with van der Waals surface area (Å²) in [6.45, 7) is -1.02. The maximum absolute atomic E-state index is 12.1. The Morgan fingerprint density at radius 1 is 1.63 bits per heavy atom. The summed E-state index contributed by atoms with van der Waals surface area (Å²) in [4.78, 5) is 33.0. The van der Waals surface area contributed by atoms with Crippen LogP contribution >= 0.6 is 6.72 Å². The Labute approximate surface area is 159 Å². The summed E-state index contributed by atoms with van der Waals surface area (Å²) in [7, 11) is 1.30. The summed E-state index contributed by atoms with van der Waals surface area (Å²) in [5.41, 5.74) is 4.93. The van der Waals surface area contributed by atoms with Gasteiger partial charge in [0.2, 0.25) is 5.95 Å². The molecule has 0 radical (unpaired) electrons. The predicted octanol–water partition coefficient (Wildman–Crippen LogP) is 0.417. The Kier molecular flexibility index (Phi) is 4.62. The first kappa shape index (κ1) is 18.9. The number of nitrogens with one attached hydrogen (secondary N) is 1. The zero-order chi connectivity index (χ0) is 19.4. The highest BCUT2D eigenvalue weighted by atomic mass is 32.5. The highest BCUT2D eigenvalue weighted by Crippen LogP contribution is 2.55. The van der Waals surface area contributed by atoms with Crippen molar-refractivity contribution in [3.63, 3.8) is 0 Å². The Hall–Kier alpha value is -1.40. The smallest absolute Gasteiger partial charge is 0.324 e. The number of aromatic amines is 1. The van der Waals surface area contributed by atoms with Crippen molar-refractivity contribution in [1.82, 2.24) is 19.5 Å². The van der Waals surface area contributed by atoms with Crippen LogP contribution in [0.15, 0.2) is 11.1 Å². The molecule has 4 rings (SSSR count). The van der Waals surface area contributed by atoms with Crippen LogP contribution in [0.5, 0.6) is 0 Å². The van der Waals surface area contributed by atoms with Crippen LogP contribution in [0.1, 0.15) is 26.0 Å². The fraction of sp³-hybridized carbons (Fsp3) is 0.643. The molecule has 2 saturated heterocycles. The molecule has 2 unspecified atom stereocenters. The van der Waals surface area contributed by atoms with E-state index >= 15 is 0 Å². The van der Waals surface area contributed by atoms with Gasteiger partial charge in [-0.2, -0.15) is 4.98 Å². The summed E-state index contributed by atoms with van der Waals surface area (Å²) in [5, 5.41) is 0. The molecule has 13 heteroatoms. The van der Waals surface area contributed by atoms with Crippen molar-refractivity contribution in [3.8, 4) is 0 Å². The van der Waals surface area contributed by atoms with Crippen LogP contribution in [0.4, 0.5) is 5.95 Å². The predicted molar refractivity (Wildman–Crippen MR) is 98.4 cm³/mol. The molecule has 2 aromatic heterocycles. The fourth-order valence-corrected chi connectivity index (χ4v) is 4.67. The zero-order valence-electron chi connectivity index (χ0n) is 14.7. The molecule has 2 bridgehead atoms. The van der Waals surface area contributed by atoms with Crippen LogP contribution in [0.3, 0.4) is 0 Å². The van der Waals surface area contributed by atoms with E-state index in [1.165, 1.54) is 13.4 Å². The SMILES string of the molecule is CC[C@@]12CCO[C@@H](C1OP(O)(=S)OC)[C@H](n1cnc3c(=O)[nH]c(N)nc31)O2. The van der Waals surface area contributed by atoms with Crippen molar-refractivity contribution in [1.29, 1.82) is 0 Å². The lowest BCUT2D eigenvalue weighted by molar-refractivity contribution is -0.116. The van der Waals surface area contributed by atoms with Crippen molar-refractivity contribution in [3.05, 3.63) is 16.7 Å². The normalized spacial score (nSPS) is 32.6. The third-order valence-electron chi connectivity index (χ3n) is 5.09. The van der Waals surface area contributed by atoms with Gasteiger partial charge in [-0.15, -0.1) is 0 Å². The van der Waals surface area contributed by atoms with E-state index in [1.807, 2.05) is 6.92 Å². The molecule has 148 valence electrons. The number of fused-ring (bicyclic) bond motifs is 3. The van der Waals surface area contributed by atoms with Gasteiger partial charge in [0, 0.05) is 13.5 Å². The summed E-state index contributed by atoms with van der Waals surface area (Å²) in [6.07, 6.45) is 0.700. The van der Waals surface area contributed by atoms with Gasteiger partial charge in [-0.1, -0.05) is 6.92 Å². The molecular formula is C14H20N5O6PS. The van der Waals surface area contributed by atoms with E-state index in [0.717, 1.165) is 0 Å². The van der Waals surface area contributed by atoms with Gasteiger partial charge < -0.3 is 24.6 Å². The number of H-pyrrole nitrogens is 1. The molecule has 2 fully saturated rings. The van der Waals surface area contributed by atoms with Crippen molar-refractivity contribution in [2.24, 2.45) is 0 Å². The lowest BCUT2D eigenvalue weighted by atomic mass is 9.87. The lowest BCUT2D eigenvalue weighted by Crippen LogP contribution is -2.49. The number of hydrogen-bond acceptors (Lipinski definition) is 9. The van der Waals surface area contributed by atoms with Crippen LogP contribution in [-0.4, -0.2) is 55.9 Å². The van der Waals surface area contributed by atoms with E-state index in [9.17, 15) is 9.69 Å². The van der Waals surface area contributed by atoms with Crippen LogP contribution in [0, 0.1) is 0 Å². The average molecular weight is 417 g/mol. The van der Waals surface area contributed by atoms with E-state index in [4.69, 9.17) is 36.1 Å². The number of hydrogen-bond donors (Lipinski definition) is 3. The van der Waals surface area contributed by atoms with Crippen molar-refractivity contribution in [2.45, 2.75) is 43.8 Å². The Balaban J connectivity index is 1.79. The minimum absolute atomic E-state index is 0.0283. The molecule has 0 amide bonds. The number of imidazole rings is 1. The number of nitrogen functional groups attached to an aromatic ring is 1. The zero-order valence-corrected chi connectivity index (χ0v) is 16.4. The molecule has 2 aliphatic rings. The third kappa shape index (κ3) is 3.01. The van der Waals surface area contributed by atoms with Crippen LogP contribution in [0.25, 0.3) is 11.2 Å². The molecule has 4 N–H and O–H groups in total. The second-order valence-electron chi connectivity index (χ2n) is 6.46. The van der Waals surface area contributed by atoms with Crippen molar-refractivity contribution < 1.29 is 23.4 Å². The Morgan fingerprint density at radius 3 is 3.11 bits per heavy atom. The lowest BCUT2D eigenvalue weighted by Gasteiger charge is -2.38. The second-order valence-corrected chi connectivity index (χ2v) is 9.36. The van der Waals surface area contributed by atoms with Gasteiger partial charge in [-0.05, 0) is 18.2 Å². The van der Waals surface area contributed by atoms with Gasteiger partial charge >= 0.3 is 6.72 Å². The molecule has 2 aliphatic heterocycles. The first-order chi connectivity index (χ1) is 12.8. The molecule has 0 saturated carbocycles. The van der Waals surface area contributed by atoms with Crippen LogP contribution in [-0.2, 0) is 30.3 Å². The fourth-order valence-electron chi connectivity index (χ4n) is 3.71. The van der Waals surface area contributed by atoms with E-state index in [0.29, 0.717) is 19.4 Å². The summed E-state index contributed by atoms with van der Waals surface area (Å²) in [5.74, 6) is -0.0283. The summed E-state index contributed by atoms with van der Waals surface area (Å²) >= 11 is 5.02.